The third kappa shape index (κ3) is 5.16. The number of benzene rings is 7. The normalized spacial score (nSPS) is 11.6. The standard InChI is InChI=1S/C48H30N6S/c1-4-15-31(16-5-1)40-30-41(32-17-6-2-7-18-32)50-48(49-40)54-43-26-13-10-21-35(43)37-23-14-24-38(45(37)54)47-52-51-46(55-47)33-27-28-44-39(29-33)36-22-11-12-25-42(36)53(44)34-19-8-3-9-20-34/h1-30H. The van der Waals surface area contributed by atoms with E-state index in [1.54, 1.807) is 11.3 Å². The number of hydrogen-bond donors (Lipinski definition) is 0. The van der Waals surface area contributed by atoms with Crippen LogP contribution in [-0.4, -0.2) is 29.3 Å². The molecule has 11 rings (SSSR count). The Balaban J connectivity index is 1.10. The van der Waals surface area contributed by atoms with Gasteiger partial charge in [-0.25, -0.2) is 9.97 Å². The van der Waals surface area contributed by atoms with Crippen molar-refractivity contribution >= 4 is 54.9 Å². The lowest BCUT2D eigenvalue weighted by molar-refractivity contribution is 0.995. The van der Waals surface area contributed by atoms with Crippen LogP contribution in [0.1, 0.15) is 0 Å². The Hall–Kier alpha value is -7.22. The van der Waals surface area contributed by atoms with E-state index in [1.807, 2.05) is 36.4 Å². The summed E-state index contributed by atoms with van der Waals surface area (Å²) in [5.74, 6) is 0.601. The highest BCUT2D eigenvalue weighted by Crippen LogP contribution is 2.41. The Morgan fingerprint density at radius 3 is 1.62 bits per heavy atom. The molecule has 0 aliphatic rings. The van der Waals surface area contributed by atoms with E-state index in [-0.39, 0.29) is 0 Å². The summed E-state index contributed by atoms with van der Waals surface area (Å²) in [5, 5.41) is 16.0. The smallest absolute Gasteiger partial charge is 0.235 e. The molecule has 7 heteroatoms. The summed E-state index contributed by atoms with van der Waals surface area (Å²) in [6.45, 7) is 0. The molecule has 7 aromatic carbocycles. The number of rotatable bonds is 6. The second kappa shape index (κ2) is 12.7. The van der Waals surface area contributed by atoms with Gasteiger partial charge in [0.2, 0.25) is 5.95 Å². The molecular weight excluding hydrogens is 693 g/mol. The lowest BCUT2D eigenvalue weighted by Crippen LogP contribution is -2.04. The fourth-order valence-electron chi connectivity index (χ4n) is 7.86. The average Bonchev–Trinajstić information content (AvgIpc) is 3.98. The largest absolute Gasteiger partial charge is 0.309 e. The maximum Gasteiger partial charge on any atom is 0.235 e. The van der Waals surface area contributed by atoms with Crippen LogP contribution in [0.5, 0.6) is 0 Å². The molecule has 4 aromatic heterocycles. The number of para-hydroxylation sites is 4. The van der Waals surface area contributed by atoms with Gasteiger partial charge in [0.25, 0.3) is 0 Å². The van der Waals surface area contributed by atoms with Crippen LogP contribution in [0.3, 0.4) is 0 Å². The molecule has 0 saturated carbocycles. The molecule has 0 N–H and O–H groups in total. The SMILES string of the molecule is c1ccc(-c2cc(-c3ccccc3)nc(-n3c4ccccc4c4cccc(-c5nnc(-c6ccc7c(c6)c6ccccc6n7-c6ccccc6)s5)c43)n2)cc1. The van der Waals surface area contributed by atoms with Gasteiger partial charge in [0, 0.05) is 49.5 Å². The fourth-order valence-corrected chi connectivity index (χ4v) is 8.72. The van der Waals surface area contributed by atoms with Crippen LogP contribution in [0.25, 0.3) is 98.9 Å². The molecule has 0 aliphatic heterocycles. The van der Waals surface area contributed by atoms with Crippen LogP contribution >= 0.6 is 11.3 Å². The van der Waals surface area contributed by atoms with Crippen molar-refractivity contribution in [3.8, 4) is 55.3 Å². The summed E-state index contributed by atoms with van der Waals surface area (Å²) in [6.07, 6.45) is 0. The third-order valence-electron chi connectivity index (χ3n) is 10.3. The van der Waals surface area contributed by atoms with Gasteiger partial charge in [0.1, 0.15) is 10.0 Å². The number of hydrogen-bond acceptors (Lipinski definition) is 5. The van der Waals surface area contributed by atoms with E-state index in [0.717, 1.165) is 76.7 Å². The van der Waals surface area contributed by atoms with Crippen LogP contribution in [0, 0.1) is 0 Å². The molecule has 11 aromatic rings. The van der Waals surface area contributed by atoms with E-state index in [0.29, 0.717) is 5.95 Å². The summed E-state index contributed by atoms with van der Waals surface area (Å²) < 4.78 is 4.53. The zero-order chi connectivity index (χ0) is 36.3. The monoisotopic (exact) mass is 722 g/mol. The van der Waals surface area contributed by atoms with Crippen LogP contribution in [0.2, 0.25) is 0 Å². The van der Waals surface area contributed by atoms with Crippen molar-refractivity contribution in [2.45, 2.75) is 0 Å². The van der Waals surface area contributed by atoms with Crippen LogP contribution in [0.15, 0.2) is 182 Å². The van der Waals surface area contributed by atoms with E-state index in [2.05, 4.69) is 155 Å². The molecule has 0 atom stereocenters. The predicted molar refractivity (Wildman–Crippen MR) is 226 cm³/mol. The summed E-state index contributed by atoms with van der Waals surface area (Å²) in [7, 11) is 0. The van der Waals surface area contributed by atoms with E-state index >= 15 is 0 Å². The Morgan fingerprint density at radius 1 is 0.382 bits per heavy atom. The van der Waals surface area contributed by atoms with Gasteiger partial charge in [0.05, 0.1) is 33.5 Å². The van der Waals surface area contributed by atoms with Gasteiger partial charge in [-0.1, -0.05) is 139 Å². The molecule has 0 radical (unpaired) electrons. The topological polar surface area (TPSA) is 61.4 Å². The van der Waals surface area contributed by atoms with Gasteiger partial charge in [-0.05, 0) is 54.6 Å². The van der Waals surface area contributed by atoms with E-state index < -0.39 is 0 Å². The minimum absolute atomic E-state index is 0.601. The maximum atomic E-state index is 5.25. The van der Waals surface area contributed by atoms with Gasteiger partial charge in [0.15, 0.2) is 0 Å². The van der Waals surface area contributed by atoms with Gasteiger partial charge in [-0.2, -0.15) is 0 Å². The van der Waals surface area contributed by atoms with Crippen LogP contribution < -0.4 is 0 Å². The van der Waals surface area contributed by atoms with Gasteiger partial charge < -0.3 is 4.57 Å². The van der Waals surface area contributed by atoms with Crippen molar-refractivity contribution in [1.82, 2.24) is 29.3 Å². The van der Waals surface area contributed by atoms with Crippen molar-refractivity contribution in [2.24, 2.45) is 0 Å². The highest BCUT2D eigenvalue weighted by molar-refractivity contribution is 7.18. The third-order valence-corrected chi connectivity index (χ3v) is 11.3. The first kappa shape index (κ1) is 31.3. The van der Waals surface area contributed by atoms with Crippen molar-refractivity contribution in [3.05, 3.63) is 182 Å². The molecule has 0 spiro atoms. The molecule has 0 unspecified atom stereocenters. The molecule has 55 heavy (non-hydrogen) atoms. The summed E-state index contributed by atoms with van der Waals surface area (Å²) in [4.78, 5) is 10.5. The Labute approximate surface area is 320 Å². The lowest BCUT2D eigenvalue weighted by Gasteiger charge is -2.12. The Bertz CT molecular complexity index is 3140. The summed E-state index contributed by atoms with van der Waals surface area (Å²) in [6, 6.07) is 63.3. The number of nitrogens with zero attached hydrogens (tertiary/aromatic N) is 6. The Kier molecular flexibility index (Phi) is 7.25. The van der Waals surface area contributed by atoms with Crippen molar-refractivity contribution < 1.29 is 0 Å². The van der Waals surface area contributed by atoms with E-state index in [9.17, 15) is 0 Å². The zero-order valence-corrected chi connectivity index (χ0v) is 30.2. The molecule has 0 fully saturated rings. The molecule has 0 saturated heterocycles. The van der Waals surface area contributed by atoms with Crippen molar-refractivity contribution in [1.29, 1.82) is 0 Å². The Morgan fingerprint density at radius 2 is 0.927 bits per heavy atom. The molecule has 4 heterocycles. The van der Waals surface area contributed by atoms with E-state index in [1.165, 1.54) is 16.3 Å². The summed E-state index contributed by atoms with van der Waals surface area (Å²) >= 11 is 1.60. The van der Waals surface area contributed by atoms with Gasteiger partial charge in [-0.15, -0.1) is 10.2 Å². The highest BCUT2D eigenvalue weighted by Gasteiger charge is 2.22. The number of fused-ring (bicyclic) bond motifs is 6. The average molecular weight is 723 g/mol. The first-order chi connectivity index (χ1) is 27.3. The van der Waals surface area contributed by atoms with Crippen LogP contribution in [0.4, 0.5) is 0 Å². The summed E-state index contributed by atoms with van der Waals surface area (Å²) in [5.41, 5.74) is 11.3. The molecule has 6 nitrogen and oxygen atoms in total. The molecule has 0 amide bonds. The first-order valence-electron chi connectivity index (χ1n) is 18.2. The predicted octanol–water partition coefficient (Wildman–Crippen LogP) is 12.2. The van der Waals surface area contributed by atoms with E-state index in [4.69, 9.17) is 20.2 Å². The minimum Gasteiger partial charge on any atom is -0.309 e. The molecule has 258 valence electrons. The minimum atomic E-state index is 0.601. The van der Waals surface area contributed by atoms with Crippen LogP contribution in [-0.2, 0) is 0 Å². The second-order valence-electron chi connectivity index (χ2n) is 13.6. The fraction of sp³-hybridized carbons (Fsp3) is 0. The lowest BCUT2D eigenvalue weighted by atomic mass is 10.1. The van der Waals surface area contributed by atoms with Crippen molar-refractivity contribution in [3.63, 3.8) is 0 Å². The second-order valence-corrected chi connectivity index (χ2v) is 14.5. The quantitative estimate of drug-likeness (QED) is 0.171. The maximum absolute atomic E-state index is 5.25. The van der Waals surface area contributed by atoms with Gasteiger partial charge >= 0.3 is 0 Å². The number of aromatic nitrogens is 6. The molecule has 0 aliphatic carbocycles. The zero-order valence-electron chi connectivity index (χ0n) is 29.4. The van der Waals surface area contributed by atoms with Gasteiger partial charge in [-0.3, -0.25) is 4.57 Å². The van der Waals surface area contributed by atoms with Crippen molar-refractivity contribution in [2.75, 3.05) is 0 Å². The molecule has 0 bridgehead atoms. The highest BCUT2D eigenvalue weighted by atomic mass is 32.1. The molecular formula is C48H30N6S. The first-order valence-corrected chi connectivity index (χ1v) is 19.1.